The fourth-order valence-electron chi connectivity index (χ4n) is 1.48. The highest BCUT2D eigenvalue weighted by molar-refractivity contribution is 5.82. The molecule has 0 aliphatic rings. The number of hydrogen-bond acceptors (Lipinski definition) is 3. The van der Waals surface area contributed by atoms with Crippen molar-refractivity contribution in [3.05, 3.63) is 35.6 Å². The van der Waals surface area contributed by atoms with E-state index < -0.39 is 12.1 Å². The normalized spacial score (nSPS) is 14.1. The van der Waals surface area contributed by atoms with E-state index in [-0.39, 0.29) is 18.3 Å². The van der Waals surface area contributed by atoms with Gasteiger partial charge in [-0.3, -0.25) is 4.79 Å². The molecule has 0 heterocycles. The molecule has 1 aromatic carbocycles. The van der Waals surface area contributed by atoms with Gasteiger partial charge >= 0.3 is 0 Å². The van der Waals surface area contributed by atoms with Crippen molar-refractivity contribution < 1.29 is 13.9 Å². The minimum absolute atomic E-state index is 0.135. The van der Waals surface area contributed by atoms with Crippen LogP contribution in [0.25, 0.3) is 0 Å². The van der Waals surface area contributed by atoms with E-state index in [0.29, 0.717) is 5.56 Å². The number of ether oxygens (including phenoxy) is 1. The minimum Gasteiger partial charge on any atom is -0.383 e. The van der Waals surface area contributed by atoms with E-state index in [4.69, 9.17) is 10.5 Å². The summed E-state index contributed by atoms with van der Waals surface area (Å²) in [7, 11) is 1.47. The third kappa shape index (κ3) is 3.80. The van der Waals surface area contributed by atoms with E-state index in [1.165, 1.54) is 13.2 Å². The smallest absolute Gasteiger partial charge is 0.239 e. The Morgan fingerprint density at radius 2 is 2.18 bits per heavy atom. The molecule has 0 bridgehead atoms. The van der Waals surface area contributed by atoms with Gasteiger partial charge in [0.15, 0.2) is 0 Å². The predicted molar refractivity (Wildman–Crippen MR) is 62.8 cm³/mol. The van der Waals surface area contributed by atoms with Crippen molar-refractivity contribution in [2.45, 2.75) is 19.0 Å². The molecule has 0 aliphatic carbocycles. The molecular weight excluding hydrogens is 223 g/mol. The molecule has 94 valence electrons. The van der Waals surface area contributed by atoms with Crippen LogP contribution in [-0.4, -0.2) is 25.7 Å². The van der Waals surface area contributed by atoms with Gasteiger partial charge < -0.3 is 15.8 Å². The highest BCUT2D eigenvalue weighted by Gasteiger charge is 2.17. The van der Waals surface area contributed by atoms with Crippen molar-refractivity contribution in [3.8, 4) is 0 Å². The van der Waals surface area contributed by atoms with Crippen LogP contribution in [-0.2, 0) is 9.53 Å². The second-order valence-electron chi connectivity index (χ2n) is 3.81. The number of benzene rings is 1. The van der Waals surface area contributed by atoms with Crippen LogP contribution in [0.5, 0.6) is 0 Å². The Morgan fingerprint density at radius 1 is 1.53 bits per heavy atom. The van der Waals surface area contributed by atoms with Gasteiger partial charge in [-0.2, -0.15) is 0 Å². The SMILES string of the molecule is COCC(N)C(=O)NC(C)c1ccccc1F. The topological polar surface area (TPSA) is 64.3 Å². The summed E-state index contributed by atoms with van der Waals surface area (Å²) in [4.78, 5) is 11.6. The quantitative estimate of drug-likeness (QED) is 0.806. The first kappa shape index (κ1) is 13.6. The van der Waals surface area contributed by atoms with Crippen molar-refractivity contribution in [1.82, 2.24) is 5.32 Å². The molecule has 2 unspecified atom stereocenters. The summed E-state index contributed by atoms with van der Waals surface area (Å²) >= 11 is 0. The number of hydrogen-bond donors (Lipinski definition) is 2. The maximum atomic E-state index is 13.4. The van der Waals surface area contributed by atoms with Gasteiger partial charge in [0.25, 0.3) is 0 Å². The zero-order valence-electron chi connectivity index (χ0n) is 9.94. The Kier molecular flexibility index (Phi) is 5.06. The molecule has 0 aromatic heterocycles. The molecule has 5 heteroatoms. The minimum atomic E-state index is -0.741. The van der Waals surface area contributed by atoms with Gasteiger partial charge in [0.2, 0.25) is 5.91 Å². The van der Waals surface area contributed by atoms with Crippen molar-refractivity contribution in [2.75, 3.05) is 13.7 Å². The zero-order chi connectivity index (χ0) is 12.8. The number of amides is 1. The molecule has 0 saturated carbocycles. The average Bonchev–Trinajstić information content (AvgIpc) is 2.29. The van der Waals surface area contributed by atoms with Crippen LogP contribution >= 0.6 is 0 Å². The van der Waals surface area contributed by atoms with Crippen LogP contribution in [0, 0.1) is 5.82 Å². The van der Waals surface area contributed by atoms with Gasteiger partial charge in [0.05, 0.1) is 12.6 Å². The van der Waals surface area contributed by atoms with Crippen molar-refractivity contribution in [3.63, 3.8) is 0 Å². The molecule has 17 heavy (non-hydrogen) atoms. The van der Waals surface area contributed by atoms with Crippen molar-refractivity contribution >= 4 is 5.91 Å². The molecule has 0 spiro atoms. The van der Waals surface area contributed by atoms with Crippen molar-refractivity contribution in [2.24, 2.45) is 5.73 Å². The summed E-state index contributed by atoms with van der Waals surface area (Å²) in [5.74, 6) is -0.705. The van der Waals surface area contributed by atoms with Crippen LogP contribution in [0.15, 0.2) is 24.3 Å². The summed E-state index contributed by atoms with van der Waals surface area (Å²) in [5.41, 5.74) is 6.00. The molecule has 1 rings (SSSR count). The third-order valence-electron chi connectivity index (χ3n) is 2.41. The molecule has 1 aromatic rings. The largest absolute Gasteiger partial charge is 0.383 e. The van der Waals surface area contributed by atoms with Crippen molar-refractivity contribution in [1.29, 1.82) is 0 Å². The van der Waals surface area contributed by atoms with Crippen LogP contribution in [0.4, 0.5) is 4.39 Å². The van der Waals surface area contributed by atoms with Gasteiger partial charge in [-0.15, -0.1) is 0 Å². The fraction of sp³-hybridized carbons (Fsp3) is 0.417. The maximum Gasteiger partial charge on any atom is 0.239 e. The van der Waals surface area contributed by atoms with Crippen LogP contribution in [0.3, 0.4) is 0 Å². The molecule has 4 nitrogen and oxygen atoms in total. The lowest BCUT2D eigenvalue weighted by atomic mass is 10.1. The number of carbonyl (C=O) groups is 1. The first-order chi connectivity index (χ1) is 8.06. The highest BCUT2D eigenvalue weighted by Crippen LogP contribution is 2.15. The van der Waals surface area contributed by atoms with E-state index in [1.54, 1.807) is 25.1 Å². The first-order valence-electron chi connectivity index (χ1n) is 5.35. The Hall–Kier alpha value is -1.46. The lowest BCUT2D eigenvalue weighted by Gasteiger charge is -2.17. The fourth-order valence-corrected chi connectivity index (χ4v) is 1.48. The molecule has 0 radical (unpaired) electrons. The molecule has 2 atom stereocenters. The highest BCUT2D eigenvalue weighted by atomic mass is 19.1. The lowest BCUT2D eigenvalue weighted by Crippen LogP contribution is -2.44. The molecule has 3 N–H and O–H groups in total. The summed E-state index contributed by atoms with van der Waals surface area (Å²) < 4.78 is 18.2. The molecular formula is C12H17FN2O2. The van der Waals surface area contributed by atoms with Crippen LogP contribution in [0.1, 0.15) is 18.5 Å². The molecule has 1 amide bonds. The molecule has 0 fully saturated rings. The van der Waals surface area contributed by atoms with Gasteiger partial charge in [0, 0.05) is 12.7 Å². The Bertz CT molecular complexity index is 385. The van der Waals surface area contributed by atoms with Gasteiger partial charge in [0.1, 0.15) is 11.9 Å². The Balaban J connectivity index is 2.63. The average molecular weight is 240 g/mol. The maximum absolute atomic E-state index is 13.4. The predicted octanol–water partition coefficient (Wildman–Crippen LogP) is 0.977. The van der Waals surface area contributed by atoms with E-state index in [2.05, 4.69) is 5.32 Å². The summed E-state index contributed by atoms with van der Waals surface area (Å²) in [6.07, 6.45) is 0. The van der Waals surface area contributed by atoms with E-state index in [0.717, 1.165) is 0 Å². The number of rotatable bonds is 5. The summed E-state index contributed by atoms with van der Waals surface area (Å²) in [6, 6.07) is 5.14. The summed E-state index contributed by atoms with van der Waals surface area (Å²) in [6.45, 7) is 1.84. The van der Waals surface area contributed by atoms with E-state index in [1.807, 2.05) is 0 Å². The van der Waals surface area contributed by atoms with Crippen LogP contribution in [0.2, 0.25) is 0 Å². The number of nitrogens with two attached hydrogens (primary N) is 1. The lowest BCUT2D eigenvalue weighted by molar-refractivity contribution is -0.124. The third-order valence-corrected chi connectivity index (χ3v) is 2.41. The van der Waals surface area contributed by atoms with E-state index >= 15 is 0 Å². The Morgan fingerprint density at radius 3 is 2.76 bits per heavy atom. The van der Waals surface area contributed by atoms with Gasteiger partial charge in [-0.25, -0.2) is 4.39 Å². The second kappa shape index (κ2) is 6.32. The van der Waals surface area contributed by atoms with Crippen LogP contribution < -0.4 is 11.1 Å². The Labute approximate surface area is 100.0 Å². The first-order valence-corrected chi connectivity index (χ1v) is 5.35. The molecule has 0 saturated heterocycles. The second-order valence-corrected chi connectivity index (χ2v) is 3.81. The molecule has 0 aliphatic heterocycles. The number of methoxy groups -OCH3 is 1. The zero-order valence-corrected chi connectivity index (χ0v) is 9.94. The van der Waals surface area contributed by atoms with Gasteiger partial charge in [-0.1, -0.05) is 18.2 Å². The monoisotopic (exact) mass is 240 g/mol. The summed E-state index contributed by atoms with van der Waals surface area (Å²) in [5, 5.41) is 2.64. The van der Waals surface area contributed by atoms with Gasteiger partial charge in [-0.05, 0) is 13.0 Å². The number of halogens is 1. The number of carbonyl (C=O) groups excluding carboxylic acids is 1. The van der Waals surface area contributed by atoms with E-state index in [9.17, 15) is 9.18 Å². The standard InChI is InChI=1S/C12H17FN2O2/c1-8(9-5-3-4-6-10(9)13)15-12(16)11(14)7-17-2/h3-6,8,11H,7,14H2,1-2H3,(H,15,16). The number of nitrogens with one attached hydrogen (secondary N) is 1.